The van der Waals surface area contributed by atoms with E-state index in [4.69, 9.17) is 9.84 Å². The molecular formula is C45H81NO5. The third-order valence-corrected chi connectivity index (χ3v) is 9.58. The maximum atomic E-state index is 12.8. The second kappa shape index (κ2) is 40.4. The summed E-state index contributed by atoms with van der Waals surface area (Å²) in [6, 6.07) is 0. The molecule has 0 aliphatic heterocycles. The number of carboxylic acids is 1. The molecule has 0 saturated carbocycles. The van der Waals surface area contributed by atoms with Gasteiger partial charge in [-0.25, -0.2) is 0 Å². The summed E-state index contributed by atoms with van der Waals surface area (Å²) in [6.07, 6.45) is 49.8. The molecule has 0 aliphatic carbocycles. The van der Waals surface area contributed by atoms with E-state index in [0.29, 0.717) is 12.8 Å². The van der Waals surface area contributed by atoms with E-state index in [-0.39, 0.29) is 24.5 Å². The van der Waals surface area contributed by atoms with E-state index < -0.39 is 5.97 Å². The van der Waals surface area contributed by atoms with Crippen LogP contribution >= 0.6 is 0 Å². The molecule has 0 saturated heterocycles. The van der Waals surface area contributed by atoms with Gasteiger partial charge in [-0.3, -0.25) is 14.4 Å². The maximum Gasteiger partial charge on any atom is 0.322 e. The van der Waals surface area contributed by atoms with Crippen molar-refractivity contribution in [2.75, 3.05) is 6.54 Å². The maximum absolute atomic E-state index is 12.8. The lowest BCUT2D eigenvalue weighted by atomic mass is 10.0. The molecule has 2 N–H and O–H groups in total. The molecule has 0 bridgehead atoms. The molecule has 0 heterocycles. The first-order chi connectivity index (χ1) is 25.0. The molecule has 0 radical (unpaired) electrons. The molecule has 1 atom stereocenters. The number of hydrogen-bond donors (Lipinski definition) is 2. The number of unbranched alkanes of at least 4 members (excludes halogenated alkanes) is 22. The van der Waals surface area contributed by atoms with Gasteiger partial charge in [-0.2, -0.15) is 0 Å². The molecule has 0 rings (SSSR count). The van der Waals surface area contributed by atoms with E-state index in [9.17, 15) is 14.4 Å². The number of aliphatic carboxylic acids is 1. The Morgan fingerprint density at radius 1 is 0.529 bits per heavy atom. The Balaban J connectivity index is 4.15. The second-order valence-electron chi connectivity index (χ2n) is 14.6. The largest absolute Gasteiger partial charge is 0.480 e. The van der Waals surface area contributed by atoms with Gasteiger partial charge in [0.15, 0.2) is 0 Å². The lowest BCUT2D eigenvalue weighted by molar-refractivity contribution is -0.150. The van der Waals surface area contributed by atoms with Gasteiger partial charge in [0.05, 0.1) is 0 Å². The molecule has 1 amide bonds. The Morgan fingerprint density at radius 2 is 0.961 bits per heavy atom. The van der Waals surface area contributed by atoms with Crippen LogP contribution in [0.2, 0.25) is 0 Å². The molecule has 0 aromatic rings. The van der Waals surface area contributed by atoms with Crippen LogP contribution in [0.5, 0.6) is 0 Å². The zero-order valence-electron chi connectivity index (χ0n) is 33.5. The number of ether oxygens (including phenoxy) is 1. The summed E-state index contributed by atoms with van der Waals surface area (Å²) in [7, 11) is 0. The average molecular weight is 716 g/mol. The van der Waals surface area contributed by atoms with Crippen molar-refractivity contribution in [2.24, 2.45) is 0 Å². The van der Waals surface area contributed by atoms with E-state index in [1.54, 1.807) is 0 Å². The number of carboxylic acid groups (broad SMARTS) is 1. The average Bonchev–Trinajstić information content (AvgIpc) is 3.11. The Hall–Kier alpha value is -2.37. The van der Waals surface area contributed by atoms with Crippen LogP contribution in [0.4, 0.5) is 0 Å². The highest BCUT2D eigenvalue weighted by Gasteiger charge is 2.14. The van der Waals surface area contributed by atoms with E-state index >= 15 is 0 Å². The fourth-order valence-electron chi connectivity index (χ4n) is 6.41. The minimum absolute atomic E-state index is 0.0228. The number of rotatable bonds is 39. The minimum atomic E-state index is -1.02. The number of esters is 1. The first-order valence-electron chi connectivity index (χ1n) is 21.6. The Morgan fingerprint density at radius 3 is 1.47 bits per heavy atom. The van der Waals surface area contributed by atoms with E-state index in [2.05, 4.69) is 55.6 Å². The van der Waals surface area contributed by atoms with Crippen LogP contribution in [0, 0.1) is 0 Å². The molecule has 51 heavy (non-hydrogen) atoms. The first-order valence-corrected chi connectivity index (χ1v) is 21.6. The van der Waals surface area contributed by atoms with Crippen molar-refractivity contribution in [3.8, 4) is 0 Å². The number of hydrogen-bond acceptors (Lipinski definition) is 4. The summed E-state index contributed by atoms with van der Waals surface area (Å²) in [5.41, 5.74) is 0. The number of carbonyl (C=O) groups excluding carboxylic acids is 2. The molecular weight excluding hydrogens is 634 g/mol. The number of allylic oxidation sites excluding steroid dienone is 6. The van der Waals surface area contributed by atoms with Gasteiger partial charge in [-0.1, -0.05) is 172 Å². The summed E-state index contributed by atoms with van der Waals surface area (Å²) in [6.45, 7) is 4.12. The molecule has 0 aromatic carbocycles. The molecule has 296 valence electrons. The van der Waals surface area contributed by atoms with Crippen LogP contribution in [-0.4, -0.2) is 35.6 Å². The summed E-state index contributed by atoms with van der Waals surface area (Å²) < 4.78 is 6.03. The topological polar surface area (TPSA) is 92.7 Å². The Labute approximate surface area is 315 Å². The van der Waals surface area contributed by atoms with Gasteiger partial charge >= 0.3 is 11.9 Å². The third-order valence-electron chi connectivity index (χ3n) is 9.58. The lowest BCUT2D eigenvalue weighted by Crippen LogP contribution is -2.28. The Bertz CT molecular complexity index is 880. The van der Waals surface area contributed by atoms with Crippen molar-refractivity contribution >= 4 is 17.8 Å². The number of amides is 1. The predicted molar refractivity (Wildman–Crippen MR) is 217 cm³/mol. The lowest BCUT2D eigenvalue weighted by Gasteiger charge is -2.18. The van der Waals surface area contributed by atoms with E-state index in [1.165, 1.54) is 109 Å². The van der Waals surface area contributed by atoms with E-state index in [0.717, 1.165) is 83.5 Å². The molecule has 6 heteroatoms. The SMILES string of the molecule is CC/C=C\C/C=C\C/C=C\CCCCCCCCCC(=O)OC(CCCCCCCCCCCCCC)CCCCCCCC(=O)NCC(=O)O. The van der Waals surface area contributed by atoms with E-state index in [1.807, 2.05) is 0 Å². The van der Waals surface area contributed by atoms with Gasteiger partial charge in [-0.15, -0.1) is 0 Å². The van der Waals surface area contributed by atoms with Crippen LogP contribution in [0.3, 0.4) is 0 Å². The minimum Gasteiger partial charge on any atom is -0.480 e. The first kappa shape index (κ1) is 48.6. The van der Waals surface area contributed by atoms with Crippen LogP contribution in [0.15, 0.2) is 36.5 Å². The standard InChI is InChI=1S/C45H81NO5/c1-3-5-7-9-11-13-15-17-18-19-20-21-23-25-27-32-36-40-45(50)51-42(37-33-29-26-24-22-16-14-12-10-8-6-4-2)38-34-30-28-31-35-39-43(47)46-41-44(48)49/h5,7,11,13,17-18,42H,3-4,6,8-10,12,14-16,19-41H2,1-2H3,(H,46,47)(H,48,49)/b7-5-,13-11-,18-17-. The highest BCUT2D eigenvalue weighted by atomic mass is 16.5. The molecule has 1 unspecified atom stereocenters. The van der Waals surface area contributed by atoms with Crippen molar-refractivity contribution in [2.45, 2.75) is 225 Å². The molecule has 6 nitrogen and oxygen atoms in total. The monoisotopic (exact) mass is 716 g/mol. The highest BCUT2D eigenvalue weighted by Crippen LogP contribution is 2.19. The quantitative estimate of drug-likeness (QED) is 0.0375. The number of carbonyl (C=O) groups is 3. The summed E-state index contributed by atoms with van der Waals surface area (Å²) in [5, 5.41) is 11.1. The van der Waals surface area contributed by atoms with Gasteiger partial charge in [0, 0.05) is 12.8 Å². The van der Waals surface area contributed by atoms with Crippen molar-refractivity contribution < 1.29 is 24.2 Å². The zero-order chi connectivity index (χ0) is 37.3. The Kier molecular flexibility index (Phi) is 38.5. The molecule has 0 aliphatic rings. The van der Waals surface area contributed by atoms with Crippen molar-refractivity contribution in [1.82, 2.24) is 5.32 Å². The van der Waals surface area contributed by atoms with Gasteiger partial charge in [0.25, 0.3) is 0 Å². The molecule has 0 spiro atoms. The molecule has 0 fully saturated rings. The van der Waals surface area contributed by atoms with Crippen molar-refractivity contribution in [1.29, 1.82) is 0 Å². The van der Waals surface area contributed by atoms with Gasteiger partial charge in [0.1, 0.15) is 12.6 Å². The fraction of sp³-hybridized carbons (Fsp3) is 0.800. The smallest absolute Gasteiger partial charge is 0.322 e. The molecule has 0 aromatic heterocycles. The van der Waals surface area contributed by atoms with Crippen molar-refractivity contribution in [3.63, 3.8) is 0 Å². The van der Waals surface area contributed by atoms with Gasteiger partial charge in [0.2, 0.25) is 5.91 Å². The predicted octanol–water partition coefficient (Wildman–Crippen LogP) is 13.3. The summed E-state index contributed by atoms with van der Waals surface area (Å²) in [4.78, 5) is 35.0. The normalized spacial score (nSPS) is 12.4. The van der Waals surface area contributed by atoms with Crippen LogP contribution in [0.1, 0.15) is 219 Å². The van der Waals surface area contributed by atoms with Crippen LogP contribution in [0.25, 0.3) is 0 Å². The fourth-order valence-corrected chi connectivity index (χ4v) is 6.41. The zero-order valence-corrected chi connectivity index (χ0v) is 33.5. The van der Waals surface area contributed by atoms with Crippen LogP contribution < -0.4 is 5.32 Å². The highest BCUT2D eigenvalue weighted by molar-refractivity contribution is 5.80. The second-order valence-corrected chi connectivity index (χ2v) is 14.6. The third kappa shape index (κ3) is 40.3. The summed E-state index contributed by atoms with van der Waals surface area (Å²) >= 11 is 0. The summed E-state index contributed by atoms with van der Waals surface area (Å²) in [5.74, 6) is -1.23. The van der Waals surface area contributed by atoms with Crippen LogP contribution in [-0.2, 0) is 19.1 Å². The van der Waals surface area contributed by atoms with Crippen molar-refractivity contribution in [3.05, 3.63) is 36.5 Å². The number of nitrogens with one attached hydrogen (secondary N) is 1. The van der Waals surface area contributed by atoms with Gasteiger partial charge < -0.3 is 15.2 Å². The van der Waals surface area contributed by atoms with Gasteiger partial charge in [-0.05, 0) is 70.6 Å².